The van der Waals surface area contributed by atoms with Gasteiger partial charge in [0.15, 0.2) is 0 Å². The van der Waals surface area contributed by atoms with E-state index < -0.39 is 47.5 Å². The minimum atomic E-state index is -0.927. The van der Waals surface area contributed by atoms with Crippen LogP contribution in [0.1, 0.15) is 53.0 Å². The Hall–Kier alpha value is -2.75. The van der Waals surface area contributed by atoms with Gasteiger partial charge in [-0.25, -0.2) is 4.79 Å². The van der Waals surface area contributed by atoms with E-state index in [1.807, 2.05) is 50.4 Å². The zero-order chi connectivity index (χ0) is 26.6. The van der Waals surface area contributed by atoms with Gasteiger partial charge in [-0.15, -0.1) is 0 Å². The molecule has 0 heterocycles. The van der Waals surface area contributed by atoms with Crippen LogP contribution in [0.25, 0.3) is 0 Å². The molecule has 1 rings (SSSR count). The third-order valence-electron chi connectivity index (χ3n) is 4.90. The number of hydrogen-bond acceptors (Lipinski definition) is 6. The first-order valence-corrected chi connectivity index (χ1v) is 13.1. The van der Waals surface area contributed by atoms with E-state index in [0.717, 1.165) is 5.56 Å². The Kier molecular flexibility index (Phi) is 12.6. The lowest BCUT2D eigenvalue weighted by atomic mass is 10.0. The van der Waals surface area contributed by atoms with Crippen molar-refractivity contribution in [2.45, 2.75) is 77.6 Å². The SMILES string of the molecule is CSCC[C@H](NC(=O)OC(C)(C)C)C(=O)N[C@@H](CC(C)C)C(=O)N[C@@H](Cc1ccccc1)C(N)=O. The molecule has 4 amide bonds. The summed E-state index contributed by atoms with van der Waals surface area (Å²) in [5.74, 6) is -0.968. The Morgan fingerprint density at radius 3 is 2.03 bits per heavy atom. The van der Waals surface area contributed by atoms with Gasteiger partial charge in [0, 0.05) is 6.42 Å². The second kappa shape index (κ2) is 14.6. The summed E-state index contributed by atoms with van der Waals surface area (Å²) in [5, 5.41) is 8.04. The largest absolute Gasteiger partial charge is 0.444 e. The van der Waals surface area contributed by atoms with Crippen LogP contribution < -0.4 is 21.7 Å². The molecule has 1 aromatic carbocycles. The molecule has 5 N–H and O–H groups in total. The normalized spacial score (nSPS) is 13.9. The summed E-state index contributed by atoms with van der Waals surface area (Å²) in [5.41, 5.74) is 5.67. The molecule has 0 aliphatic carbocycles. The van der Waals surface area contributed by atoms with Crippen LogP contribution in [-0.4, -0.2) is 59.5 Å². The zero-order valence-electron chi connectivity index (χ0n) is 21.6. The Labute approximate surface area is 212 Å². The fourth-order valence-electron chi connectivity index (χ4n) is 3.27. The van der Waals surface area contributed by atoms with Gasteiger partial charge in [-0.2, -0.15) is 11.8 Å². The van der Waals surface area contributed by atoms with Crippen molar-refractivity contribution in [2.75, 3.05) is 12.0 Å². The molecule has 10 heteroatoms. The highest BCUT2D eigenvalue weighted by Gasteiger charge is 2.30. The van der Waals surface area contributed by atoms with Gasteiger partial charge in [0.2, 0.25) is 17.7 Å². The predicted molar refractivity (Wildman–Crippen MR) is 139 cm³/mol. The molecule has 0 spiro atoms. The lowest BCUT2D eigenvalue weighted by molar-refractivity contribution is -0.132. The number of nitrogens with one attached hydrogen (secondary N) is 3. The van der Waals surface area contributed by atoms with Crippen molar-refractivity contribution in [1.82, 2.24) is 16.0 Å². The summed E-state index contributed by atoms with van der Waals surface area (Å²) in [4.78, 5) is 50.5. The van der Waals surface area contributed by atoms with E-state index in [0.29, 0.717) is 18.6 Å². The smallest absolute Gasteiger partial charge is 0.408 e. The topological polar surface area (TPSA) is 140 Å². The van der Waals surface area contributed by atoms with Crippen LogP contribution in [0.4, 0.5) is 4.79 Å². The van der Waals surface area contributed by atoms with Crippen LogP contribution in [0.3, 0.4) is 0 Å². The number of carbonyl (C=O) groups excluding carboxylic acids is 4. The molecule has 0 saturated carbocycles. The third-order valence-corrected chi connectivity index (χ3v) is 5.54. The molecular formula is C25H40N4O5S. The summed E-state index contributed by atoms with van der Waals surface area (Å²) in [7, 11) is 0. The highest BCUT2D eigenvalue weighted by Crippen LogP contribution is 2.11. The fraction of sp³-hybridized carbons (Fsp3) is 0.600. The average molecular weight is 509 g/mol. The van der Waals surface area contributed by atoms with Crippen LogP contribution in [0.5, 0.6) is 0 Å². The molecule has 0 radical (unpaired) electrons. The van der Waals surface area contributed by atoms with Gasteiger partial charge in [-0.3, -0.25) is 14.4 Å². The lowest BCUT2D eigenvalue weighted by Crippen LogP contribution is -2.57. The minimum absolute atomic E-state index is 0.0793. The lowest BCUT2D eigenvalue weighted by Gasteiger charge is -2.26. The van der Waals surface area contributed by atoms with E-state index in [4.69, 9.17) is 10.5 Å². The number of nitrogens with two attached hydrogens (primary N) is 1. The second-order valence-electron chi connectivity index (χ2n) is 9.82. The van der Waals surface area contributed by atoms with Crippen molar-refractivity contribution in [2.24, 2.45) is 11.7 Å². The molecule has 0 bridgehead atoms. The molecule has 196 valence electrons. The molecule has 0 aromatic heterocycles. The first kappa shape index (κ1) is 30.3. The standard InChI is InChI=1S/C25H40N4O5S/c1-16(2)14-20(23(32)27-19(21(26)30)15-17-10-8-7-9-11-17)28-22(31)18(12-13-35-6)29-24(33)34-25(3,4)5/h7-11,16,18-20H,12-15H2,1-6H3,(H2,26,30)(H,27,32)(H,28,31)(H,29,33)/t18-,19-,20-/m0/s1. The molecule has 0 aliphatic heterocycles. The monoisotopic (exact) mass is 508 g/mol. The number of ether oxygens (including phenoxy) is 1. The van der Waals surface area contributed by atoms with E-state index in [-0.39, 0.29) is 12.3 Å². The number of carbonyl (C=O) groups is 4. The van der Waals surface area contributed by atoms with Crippen molar-refractivity contribution in [1.29, 1.82) is 0 Å². The van der Waals surface area contributed by atoms with Crippen LogP contribution in [-0.2, 0) is 25.5 Å². The van der Waals surface area contributed by atoms with E-state index in [1.165, 1.54) is 11.8 Å². The van der Waals surface area contributed by atoms with Crippen molar-refractivity contribution >= 4 is 35.6 Å². The van der Waals surface area contributed by atoms with Crippen molar-refractivity contribution < 1.29 is 23.9 Å². The molecular weight excluding hydrogens is 468 g/mol. The van der Waals surface area contributed by atoms with Crippen molar-refractivity contribution in [3.63, 3.8) is 0 Å². The number of hydrogen-bond donors (Lipinski definition) is 4. The van der Waals surface area contributed by atoms with Gasteiger partial charge in [0.1, 0.15) is 23.7 Å². The highest BCUT2D eigenvalue weighted by molar-refractivity contribution is 7.98. The van der Waals surface area contributed by atoms with Crippen LogP contribution in [0.15, 0.2) is 30.3 Å². The number of thioether (sulfide) groups is 1. The molecule has 3 atom stereocenters. The maximum atomic E-state index is 13.1. The minimum Gasteiger partial charge on any atom is -0.444 e. The summed E-state index contributed by atoms with van der Waals surface area (Å²) in [6.07, 6.45) is 2.13. The number of primary amides is 1. The molecule has 0 saturated heterocycles. The van der Waals surface area contributed by atoms with Gasteiger partial charge in [-0.05, 0) is 57.1 Å². The Balaban J connectivity index is 2.96. The number of amides is 4. The Morgan fingerprint density at radius 1 is 0.943 bits per heavy atom. The summed E-state index contributed by atoms with van der Waals surface area (Å²) in [6, 6.07) is 6.50. The van der Waals surface area contributed by atoms with Gasteiger partial charge in [-0.1, -0.05) is 44.2 Å². The maximum absolute atomic E-state index is 13.1. The second-order valence-corrected chi connectivity index (χ2v) is 10.8. The maximum Gasteiger partial charge on any atom is 0.408 e. The number of alkyl carbamates (subject to hydrolysis) is 1. The number of benzene rings is 1. The van der Waals surface area contributed by atoms with Gasteiger partial charge >= 0.3 is 6.09 Å². The van der Waals surface area contributed by atoms with Crippen molar-refractivity contribution in [3.05, 3.63) is 35.9 Å². The van der Waals surface area contributed by atoms with E-state index in [2.05, 4.69) is 16.0 Å². The molecule has 0 unspecified atom stereocenters. The first-order valence-electron chi connectivity index (χ1n) is 11.7. The van der Waals surface area contributed by atoms with E-state index in [9.17, 15) is 19.2 Å². The highest BCUT2D eigenvalue weighted by atomic mass is 32.2. The Morgan fingerprint density at radius 2 is 1.51 bits per heavy atom. The Bertz CT molecular complexity index is 842. The van der Waals surface area contributed by atoms with Crippen LogP contribution >= 0.6 is 11.8 Å². The quantitative estimate of drug-likeness (QED) is 0.323. The van der Waals surface area contributed by atoms with Gasteiger partial charge < -0.3 is 26.4 Å². The van der Waals surface area contributed by atoms with Gasteiger partial charge in [0.25, 0.3) is 0 Å². The molecule has 0 fully saturated rings. The zero-order valence-corrected chi connectivity index (χ0v) is 22.4. The van der Waals surface area contributed by atoms with Crippen LogP contribution in [0, 0.1) is 5.92 Å². The summed E-state index contributed by atoms with van der Waals surface area (Å²) in [6.45, 7) is 9.05. The first-order chi connectivity index (χ1) is 16.3. The molecule has 1 aromatic rings. The average Bonchev–Trinajstić information content (AvgIpc) is 2.74. The fourth-order valence-corrected chi connectivity index (χ4v) is 3.75. The number of rotatable bonds is 13. The summed E-state index contributed by atoms with van der Waals surface area (Å²) >= 11 is 1.53. The molecule has 0 aliphatic rings. The predicted octanol–water partition coefficient (Wildman–Crippen LogP) is 2.38. The van der Waals surface area contributed by atoms with Crippen LogP contribution in [0.2, 0.25) is 0 Å². The molecule has 9 nitrogen and oxygen atoms in total. The molecule has 35 heavy (non-hydrogen) atoms. The third kappa shape index (κ3) is 12.5. The summed E-state index contributed by atoms with van der Waals surface area (Å²) < 4.78 is 5.28. The van der Waals surface area contributed by atoms with Gasteiger partial charge in [0.05, 0.1) is 0 Å². The van der Waals surface area contributed by atoms with E-state index >= 15 is 0 Å². The van der Waals surface area contributed by atoms with E-state index in [1.54, 1.807) is 20.8 Å². The van der Waals surface area contributed by atoms with Crippen molar-refractivity contribution in [3.8, 4) is 0 Å².